The Morgan fingerprint density at radius 1 is 1.09 bits per heavy atom. The van der Waals surface area contributed by atoms with Crippen molar-refractivity contribution in [3.05, 3.63) is 53.8 Å². The van der Waals surface area contributed by atoms with Gasteiger partial charge >= 0.3 is 6.09 Å². The van der Waals surface area contributed by atoms with E-state index in [1.165, 1.54) is 16.4 Å². The predicted molar refractivity (Wildman–Crippen MR) is 118 cm³/mol. The van der Waals surface area contributed by atoms with Crippen LogP contribution in [0.4, 0.5) is 14.9 Å². The summed E-state index contributed by atoms with van der Waals surface area (Å²) in [5.41, 5.74) is 1.36. The highest BCUT2D eigenvalue weighted by Gasteiger charge is 2.30. The molecule has 9 nitrogen and oxygen atoms in total. The van der Waals surface area contributed by atoms with Crippen LogP contribution in [0, 0.1) is 17.7 Å². The molecule has 4 rings (SSSR count). The molecule has 1 amide bonds. The topological polar surface area (TPSA) is 108 Å². The van der Waals surface area contributed by atoms with Crippen molar-refractivity contribution in [1.82, 2.24) is 9.62 Å². The first-order valence-electron chi connectivity index (χ1n) is 10.2. The van der Waals surface area contributed by atoms with E-state index in [0.717, 1.165) is 5.69 Å². The first-order valence-corrected chi connectivity index (χ1v) is 11.8. The second-order valence-electron chi connectivity index (χ2n) is 7.48. The Balaban J connectivity index is 1.42. The highest BCUT2D eigenvalue weighted by atomic mass is 32.2. The average Bonchev–Trinajstić information content (AvgIpc) is 3.25. The van der Waals surface area contributed by atoms with Crippen LogP contribution in [-0.4, -0.2) is 68.7 Å². The van der Waals surface area contributed by atoms with E-state index in [0.29, 0.717) is 30.2 Å². The third-order valence-corrected chi connectivity index (χ3v) is 7.17. The van der Waals surface area contributed by atoms with E-state index in [-0.39, 0.29) is 25.7 Å². The molecule has 2 aromatic carbocycles. The summed E-state index contributed by atoms with van der Waals surface area (Å²) in [6.45, 7) is 1.45. The fourth-order valence-corrected chi connectivity index (χ4v) is 5.12. The van der Waals surface area contributed by atoms with E-state index in [2.05, 4.69) is 17.2 Å². The summed E-state index contributed by atoms with van der Waals surface area (Å²) in [6, 6.07) is 9.92. The number of amides is 1. The van der Waals surface area contributed by atoms with Crippen LogP contribution >= 0.6 is 0 Å². The van der Waals surface area contributed by atoms with Gasteiger partial charge in [0, 0.05) is 37.4 Å². The number of ether oxygens (including phenoxy) is 2. The van der Waals surface area contributed by atoms with E-state index in [1.807, 2.05) is 4.90 Å². The third kappa shape index (κ3) is 5.66. The summed E-state index contributed by atoms with van der Waals surface area (Å²) in [5.74, 6) is 5.79. The van der Waals surface area contributed by atoms with Crippen LogP contribution in [0.3, 0.4) is 0 Å². The van der Waals surface area contributed by atoms with Crippen LogP contribution in [0.1, 0.15) is 5.56 Å². The van der Waals surface area contributed by atoms with Crippen molar-refractivity contribution >= 4 is 21.8 Å². The van der Waals surface area contributed by atoms with Gasteiger partial charge in [0.1, 0.15) is 11.9 Å². The number of benzene rings is 2. The van der Waals surface area contributed by atoms with E-state index in [4.69, 9.17) is 14.6 Å². The minimum absolute atomic E-state index is 0.113. The molecule has 11 heteroatoms. The average molecular weight is 475 g/mol. The van der Waals surface area contributed by atoms with Crippen LogP contribution < -0.4 is 19.7 Å². The second kappa shape index (κ2) is 9.56. The first kappa shape index (κ1) is 22.7. The number of carbonyl (C=O) groups is 1. The SMILES string of the molecule is O=C(O)NC(C#Cc1ccc2c(c1)OCO2)CS(=O)(=O)N1CCN(c2ccc(F)cc2)CC1. The molecule has 0 aliphatic carbocycles. The monoisotopic (exact) mass is 475 g/mol. The maximum atomic E-state index is 13.1. The number of hydrogen-bond donors (Lipinski definition) is 2. The third-order valence-electron chi connectivity index (χ3n) is 5.26. The smallest absolute Gasteiger partial charge is 0.405 e. The minimum Gasteiger partial charge on any atom is -0.465 e. The van der Waals surface area contributed by atoms with Gasteiger partial charge in [-0.3, -0.25) is 0 Å². The number of anilines is 1. The molecule has 2 aliphatic rings. The molecule has 1 saturated heterocycles. The van der Waals surface area contributed by atoms with E-state index >= 15 is 0 Å². The van der Waals surface area contributed by atoms with Gasteiger partial charge < -0.3 is 24.8 Å². The molecule has 0 radical (unpaired) electrons. The summed E-state index contributed by atoms with van der Waals surface area (Å²) >= 11 is 0. The quantitative estimate of drug-likeness (QED) is 0.634. The molecule has 0 aromatic heterocycles. The highest BCUT2D eigenvalue weighted by Crippen LogP contribution is 2.32. The van der Waals surface area contributed by atoms with Crippen molar-refractivity contribution in [2.75, 3.05) is 43.6 Å². The normalized spacial score (nSPS) is 16.6. The van der Waals surface area contributed by atoms with Crippen LogP contribution in [0.2, 0.25) is 0 Å². The predicted octanol–water partition coefficient (Wildman–Crippen LogP) is 1.69. The number of nitrogens with one attached hydrogen (secondary N) is 1. The van der Waals surface area contributed by atoms with Gasteiger partial charge in [0.05, 0.1) is 5.75 Å². The molecule has 0 saturated carbocycles. The zero-order valence-electron chi connectivity index (χ0n) is 17.5. The maximum Gasteiger partial charge on any atom is 0.405 e. The van der Waals surface area contributed by atoms with Gasteiger partial charge in [-0.05, 0) is 42.5 Å². The number of hydrogen-bond acceptors (Lipinski definition) is 6. The summed E-state index contributed by atoms with van der Waals surface area (Å²) in [6.07, 6.45) is -1.36. The molecule has 2 aromatic rings. The van der Waals surface area contributed by atoms with Crippen molar-refractivity contribution in [2.45, 2.75) is 6.04 Å². The Morgan fingerprint density at radius 2 is 1.79 bits per heavy atom. The van der Waals surface area contributed by atoms with Gasteiger partial charge in [-0.15, -0.1) is 0 Å². The lowest BCUT2D eigenvalue weighted by Gasteiger charge is -2.35. The lowest BCUT2D eigenvalue weighted by Crippen LogP contribution is -2.51. The number of halogens is 1. The first-order chi connectivity index (χ1) is 15.8. The number of fused-ring (bicyclic) bond motifs is 1. The fraction of sp³-hybridized carbons (Fsp3) is 0.318. The fourth-order valence-electron chi connectivity index (χ4n) is 3.61. The molecule has 0 spiro atoms. The number of piperazine rings is 1. The van der Waals surface area contributed by atoms with E-state index in [9.17, 15) is 17.6 Å². The Kier molecular flexibility index (Phi) is 6.57. The van der Waals surface area contributed by atoms with Crippen LogP contribution in [-0.2, 0) is 10.0 Å². The summed E-state index contributed by atoms with van der Waals surface area (Å²) in [7, 11) is -3.78. The molecule has 2 N–H and O–H groups in total. The zero-order valence-corrected chi connectivity index (χ0v) is 18.3. The molecule has 2 heterocycles. The largest absolute Gasteiger partial charge is 0.465 e. The molecule has 2 aliphatic heterocycles. The highest BCUT2D eigenvalue weighted by molar-refractivity contribution is 7.89. The zero-order chi connectivity index (χ0) is 23.4. The van der Waals surface area contributed by atoms with Gasteiger partial charge in [0.25, 0.3) is 0 Å². The van der Waals surface area contributed by atoms with Gasteiger partial charge in [-0.1, -0.05) is 11.8 Å². The molecule has 0 bridgehead atoms. The second-order valence-corrected chi connectivity index (χ2v) is 9.49. The molecule has 33 heavy (non-hydrogen) atoms. The van der Waals surface area contributed by atoms with Crippen molar-refractivity contribution in [2.24, 2.45) is 0 Å². The molecule has 174 valence electrons. The summed E-state index contributed by atoms with van der Waals surface area (Å²) in [5, 5.41) is 11.3. The van der Waals surface area contributed by atoms with Gasteiger partial charge in [0.15, 0.2) is 11.5 Å². The lowest BCUT2D eigenvalue weighted by atomic mass is 10.2. The summed E-state index contributed by atoms with van der Waals surface area (Å²) in [4.78, 5) is 13.2. The van der Waals surface area contributed by atoms with E-state index < -0.39 is 27.9 Å². The maximum absolute atomic E-state index is 13.1. The Morgan fingerprint density at radius 3 is 2.48 bits per heavy atom. The van der Waals surface area contributed by atoms with Gasteiger partial charge in [-0.25, -0.2) is 17.6 Å². The number of nitrogens with zero attached hydrogens (tertiary/aromatic N) is 2. The Labute approximate surface area is 190 Å². The van der Waals surface area contributed by atoms with Crippen LogP contribution in [0.15, 0.2) is 42.5 Å². The van der Waals surface area contributed by atoms with Crippen molar-refractivity contribution in [1.29, 1.82) is 0 Å². The molecule has 1 unspecified atom stereocenters. The van der Waals surface area contributed by atoms with E-state index in [1.54, 1.807) is 30.3 Å². The Bertz CT molecular complexity index is 1180. The number of rotatable bonds is 5. The lowest BCUT2D eigenvalue weighted by molar-refractivity contribution is 0.174. The van der Waals surface area contributed by atoms with Crippen LogP contribution in [0.25, 0.3) is 0 Å². The van der Waals surface area contributed by atoms with Crippen molar-refractivity contribution in [3.63, 3.8) is 0 Å². The van der Waals surface area contributed by atoms with Crippen molar-refractivity contribution in [3.8, 4) is 23.3 Å². The molecular formula is C22H22FN3O6S. The van der Waals surface area contributed by atoms with Crippen LogP contribution in [0.5, 0.6) is 11.5 Å². The number of sulfonamides is 1. The molecule has 1 atom stereocenters. The summed E-state index contributed by atoms with van der Waals surface area (Å²) < 4.78 is 50.9. The number of carboxylic acid groups (broad SMARTS) is 1. The standard InChI is InChI=1S/C22H22FN3O6S/c23-17-3-6-19(7-4-17)25-9-11-26(12-10-25)33(29,30)14-18(24-22(27)28)5-1-16-2-8-20-21(13-16)32-15-31-20/h2-4,6-8,13,18,24H,9-12,14-15H2,(H,27,28). The van der Waals surface area contributed by atoms with Gasteiger partial charge in [0.2, 0.25) is 16.8 Å². The van der Waals surface area contributed by atoms with Crippen molar-refractivity contribution < 1.29 is 32.2 Å². The Hall–Kier alpha value is -3.49. The molecular weight excluding hydrogens is 453 g/mol. The van der Waals surface area contributed by atoms with Gasteiger partial charge in [-0.2, -0.15) is 4.31 Å². The minimum atomic E-state index is -3.78. The molecule has 1 fully saturated rings.